The van der Waals surface area contributed by atoms with Crippen LogP contribution >= 0.6 is 0 Å². The molecule has 7 nitrogen and oxygen atoms in total. The van der Waals surface area contributed by atoms with E-state index >= 15 is 0 Å². The van der Waals surface area contributed by atoms with E-state index in [4.69, 9.17) is 0 Å². The van der Waals surface area contributed by atoms with Crippen molar-refractivity contribution in [2.75, 3.05) is 38.1 Å². The van der Waals surface area contributed by atoms with E-state index in [1.807, 2.05) is 43.8 Å². The predicted molar refractivity (Wildman–Crippen MR) is 134 cm³/mol. The Kier molecular flexibility index (Phi) is 7.12. The molecule has 1 amide bonds. The topological polar surface area (TPSA) is 61.7 Å². The summed E-state index contributed by atoms with van der Waals surface area (Å²) in [7, 11) is 3.70. The van der Waals surface area contributed by atoms with Crippen LogP contribution in [0.15, 0.2) is 48.5 Å². The fourth-order valence-corrected chi connectivity index (χ4v) is 4.69. The third kappa shape index (κ3) is 4.89. The summed E-state index contributed by atoms with van der Waals surface area (Å²) in [5.41, 5.74) is 6.04. The van der Waals surface area contributed by atoms with Crippen molar-refractivity contribution in [3.05, 3.63) is 82.2 Å². The van der Waals surface area contributed by atoms with Crippen LogP contribution in [-0.4, -0.2) is 65.0 Å². The average molecular weight is 460 g/mol. The normalized spacial score (nSPS) is 14.3. The van der Waals surface area contributed by atoms with Gasteiger partial charge in [-0.05, 0) is 25.5 Å². The first-order chi connectivity index (χ1) is 16.4. The molecule has 4 rings (SSSR count). The van der Waals surface area contributed by atoms with Gasteiger partial charge in [-0.15, -0.1) is 0 Å². The van der Waals surface area contributed by atoms with E-state index in [1.165, 1.54) is 5.56 Å². The lowest BCUT2D eigenvalue weighted by Gasteiger charge is -2.37. The number of carbonyl (C=O) groups excluding carboxylic acids is 2. The summed E-state index contributed by atoms with van der Waals surface area (Å²) in [4.78, 5) is 31.9. The second-order valence-corrected chi connectivity index (χ2v) is 9.04. The molecule has 0 unspecified atom stereocenters. The molecule has 2 aromatic carbocycles. The Balaban J connectivity index is 1.52. The van der Waals surface area contributed by atoms with Gasteiger partial charge in [-0.2, -0.15) is 5.10 Å². The Bertz CT molecular complexity index is 1160. The van der Waals surface area contributed by atoms with Crippen LogP contribution in [0.25, 0.3) is 0 Å². The first-order valence-electron chi connectivity index (χ1n) is 11.7. The van der Waals surface area contributed by atoms with Crippen LogP contribution in [0.3, 0.4) is 0 Å². The molecule has 0 aliphatic carbocycles. The number of amides is 1. The first-order valence-corrected chi connectivity index (χ1v) is 11.7. The molecule has 2 heterocycles. The number of hydrogen-bond acceptors (Lipinski definition) is 5. The third-order valence-electron chi connectivity index (χ3n) is 6.78. The van der Waals surface area contributed by atoms with Crippen LogP contribution < -0.4 is 4.90 Å². The van der Waals surface area contributed by atoms with Gasteiger partial charge in [0.1, 0.15) is 0 Å². The zero-order valence-electron chi connectivity index (χ0n) is 20.5. The first kappa shape index (κ1) is 23.7. The highest BCUT2D eigenvalue weighted by molar-refractivity contribution is 6.06. The fraction of sp³-hybridized carbons (Fsp3) is 0.370. The molecular formula is C27H33N5O2. The van der Waals surface area contributed by atoms with Crippen LogP contribution in [0.2, 0.25) is 0 Å². The molecule has 0 spiro atoms. The summed E-state index contributed by atoms with van der Waals surface area (Å²) in [6, 6.07) is 16.0. The summed E-state index contributed by atoms with van der Waals surface area (Å²) in [6.07, 6.45) is 0.788. The maximum atomic E-state index is 13.6. The van der Waals surface area contributed by atoms with E-state index in [0.29, 0.717) is 17.7 Å². The molecule has 7 heteroatoms. The minimum atomic E-state index is -0.146. The van der Waals surface area contributed by atoms with Crippen LogP contribution in [-0.2, 0) is 20.1 Å². The Morgan fingerprint density at radius 1 is 1.03 bits per heavy atom. The molecule has 0 atom stereocenters. The van der Waals surface area contributed by atoms with Crippen LogP contribution in [0.1, 0.15) is 43.2 Å². The van der Waals surface area contributed by atoms with Crippen molar-refractivity contribution >= 4 is 17.9 Å². The van der Waals surface area contributed by atoms with Gasteiger partial charge in [0.25, 0.3) is 5.91 Å². The Labute approximate surface area is 201 Å². The number of aryl methyl sites for hydroxylation is 2. The molecule has 1 aliphatic heterocycles. The fourth-order valence-electron chi connectivity index (χ4n) is 4.69. The molecule has 1 saturated heterocycles. The molecular weight excluding hydrogens is 426 g/mol. The van der Waals surface area contributed by atoms with E-state index < -0.39 is 0 Å². The standard InChI is InChI=1S/C27H33N5O2/c1-20-24(21(2)30(4)28-20)18-29(3)27(34)26-23(19-33)11-8-12-25(26)32-15-13-31(14-16-32)17-22-9-6-5-7-10-22/h5-12,19H,13-18H2,1-4H3. The van der Waals surface area contributed by atoms with Gasteiger partial charge in [0, 0.05) is 70.2 Å². The monoisotopic (exact) mass is 459 g/mol. The molecule has 0 radical (unpaired) electrons. The molecule has 1 fully saturated rings. The summed E-state index contributed by atoms with van der Waals surface area (Å²) < 4.78 is 1.84. The van der Waals surface area contributed by atoms with Crippen molar-refractivity contribution < 1.29 is 9.59 Å². The zero-order valence-corrected chi connectivity index (χ0v) is 20.5. The van der Waals surface area contributed by atoms with Crippen molar-refractivity contribution in [1.82, 2.24) is 19.6 Å². The lowest BCUT2D eigenvalue weighted by molar-refractivity contribution is 0.0782. The number of aldehydes is 1. The third-order valence-corrected chi connectivity index (χ3v) is 6.78. The maximum Gasteiger partial charge on any atom is 0.256 e. The molecule has 1 aliphatic rings. The molecule has 0 saturated carbocycles. The van der Waals surface area contributed by atoms with Gasteiger partial charge < -0.3 is 9.80 Å². The average Bonchev–Trinajstić information content (AvgIpc) is 3.10. The molecule has 34 heavy (non-hydrogen) atoms. The van der Waals surface area contributed by atoms with Gasteiger partial charge in [0.2, 0.25) is 0 Å². The van der Waals surface area contributed by atoms with Crippen LogP contribution in [0.4, 0.5) is 5.69 Å². The predicted octanol–water partition coefficient (Wildman–Crippen LogP) is 3.44. The highest BCUT2D eigenvalue weighted by Gasteiger charge is 2.26. The number of carbonyl (C=O) groups is 2. The number of anilines is 1. The number of hydrogen-bond donors (Lipinski definition) is 0. The molecule has 1 aromatic heterocycles. The van der Waals surface area contributed by atoms with Gasteiger partial charge >= 0.3 is 0 Å². The Morgan fingerprint density at radius 2 is 1.74 bits per heavy atom. The largest absolute Gasteiger partial charge is 0.368 e. The van der Waals surface area contributed by atoms with Gasteiger partial charge in [-0.25, -0.2) is 0 Å². The quantitative estimate of drug-likeness (QED) is 0.507. The SMILES string of the molecule is Cc1nn(C)c(C)c1CN(C)C(=O)c1c(C=O)cccc1N1CCN(Cc2ccccc2)CC1. The zero-order chi connectivity index (χ0) is 24.2. The van der Waals surface area contributed by atoms with Crippen LogP contribution in [0, 0.1) is 13.8 Å². The van der Waals surface area contributed by atoms with E-state index in [0.717, 1.165) is 61.6 Å². The number of piperazine rings is 1. The number of aromatic nitrogens is 2. The van der Waals surface area contributed by atoms with E-state index in [1.54, 1.807) is 18.0 Å². The number of benzene rings is 2. The summed E-state index contributed by atoms with van der Waals surface area (Å²) in [5, 5.41) is 4.47. The van der Waals surface area contributed by atoms with Gasteiger partial charge in [0.05, 0.1) is 16.9 Å². The van der Waals surface area contributed by atoms with Gasteiger partial charge in [-0.3, -0.25) is 19.2 Å². The Morgan fingerprint density at radius 3 is 2.35 bits per heavy atom. The summed E-state index contributed by atoms with van der Waals surface area (Å²) in [6.45, 7) is 8.74. The van der Waals surface area contributed by atoms with Gasteiger partial charge in [-0.1, -0.05) is 42.5 Å². The van der Waals surface area contributed by atoms with Crippen molar-refractivity contribution in [1.29, 1.82) is 0 Å². The number of rotatable bonds is 7. The lowest BCUT2D eigenvalue weighted by Crippen LogP contribution is -2.46. The smallest absolute Gasteiger partial charge is 0.256 e. The molecule has 178 valence electrons. The maximum absolute atomic E-state index is 13.6. The minimum absolute atomic E-state index is 0.146. The van der Waals surface area contributed by atoms with Crippen molar-refractivity contribution in [3.63, 3.8) is 0 Å². The van der Waals surface area contributed by atoms with E-state index in [9.17, 15) is 9.59 Å². The highest BCUT2D eigenvalue weighted by atomic mass is 16.2. The van der Waals surface area contributed by atoms with Crippen LogP contribution in [0.5, 0.6) is 0 Å². The Hall–Kier alpha value is -3.45. The summed E-state index contributed by atoms with van der Waals surface area (Å²) >= 11 is 0. The summed E-state index contributed by atoms with van der Waals surface area (Å²) in [5.74, 6) is -0.146. The highest BCUT2D eigenvalue weighted by Crippen LogP contribution is 2.27. The molecule has 0 bridgehead atoms. The van der Waals surface area contributed by atoms with Crippen molar-refractivity contribution in [3.8, 4) is 0 Å². The van der Waals surface area contributed by atoms with E-state index in [2.05, 4.69) is 39.2 Å². The molecule has 3 aromatic rings. The second-order valence-electron chi connectivity index (χ2n) is 9.04. The second kappa shape index (κ2) is 10.2. The van der Waals surface area contributed by atoms with Crippen molar-refractivity contribution in [2.24, 2.45) is 7.05 Å². The minimum Gasteiger partial charge on any atom is -0.368 e. The number of nitrogens with zero attached hydrogens (tertiary/aromatic N) is 5. The van der Waals surface area contributed by atoms with E-state index in [-0.39, 0.29) is 5.91 Å². The lowest BCUT2D eigenvalue weighted by atomic mass is 10.0. The van der Waals surface area contributed by atoms with Gasteiger partial charge in [0.15, 0.2) is 6.29 Å². The molecule has 0 N–H and O–H groups in total. The van der Waals surface area contributed by atoms with Crippen molar-refractivity contribution in [2.45, 2.75) is 26.9 Å².